The molecule has 0 fully saturated rings. The van der Waals surface area contributed by atoms with Crippen molar-refractivity contribution in [3.8, 4) is 0 Å². The van der Waals surface area contributed by atoms with Gasteiger partial charge in [0.15, 0.2) is 0 Å². The van der Waals surface area contributed by atoms with E-state index in [-0.39, 0.29) is 11.4 Å². The number of carbonyl (C=O) groups excluding carboxylic acids is 1. The number of sulfonamides is 1. The Hall–Kier alpha value is -3.16. The van der Waals surface area contributed by atoms with Crippen LogP contribution in [0.15, 0.2) is 89.8 Å². The topological polar surface area (TPSA) is 75.7 Å². The fourth-order valence-corrected chi connectivity index (χ4v) is 4.38. The van der Waals surface area contributed by atoms with Crippen molar-refractivity contribution in [2.45, 2.75) is 18.4 Å². The van der Waals surface area contributed by atoms with Gasteiger partial charge >= 0.3 is 0 Å². The van der Waals surface area contributed by atoms with Gasteiger partial charge in [-0.3, -0.25) is 9.10 Å². The zero-order chi connectivity index (χ0) is 22.1. The molecule has 0 atom stereocenters. The first kappa shape index (κ1) is 22.5. The van der Waals surface area contributed by atoms with Crippen LogP contribution in [0.3, 0.4) is 0 Å². The summed E-state index contributed by atoms with van der Waals surface area (Å²) in [5.74, 6) is -0.400. The number of rotatable bonds is 10. The predicted octanol–water partition coefficient (Wildman–Crippen LogP) is 3.52. The zero-order valence-corrected chi connectivity index (χ0v) is 18.2. The molecule has 1 amide bonds. The molecular formula is C24H26N2O4S. The number of nitrogens with one attached hydrogen (secondary N) is 1. The summed E-state index contributed by atoms with van der Waals surface area (Å²) >= 11 is 0. The van der Waals surface area contributed by atoms with Gasteiger partial charge in [0.2, 0.25) is 5.91 Å². The minimum Gasteiger partial charge on any atom is -0.375 e. The normalized spacial score (nSPS) is 11.1. The Bertz CT molecular complexity index is 1070. The summed E-state index contributed by atoms with van der Waals surface area (Å²) in [4.78, 5) is 12.7. The van der Waals surface area contributed by atoms with Gasteiger partial charge in [0, 0.05) is 6.54 Å². The Balaban J connectivity index is 1.62. The van der Waals surface area contributed by atoms with Crippen LogP contribution in [-0.4, -0.2) is 34.0 Å². The molecule has 0 spiro atoms. The molecule has 0 aromatic heterocycles. The number of hydrogen-bond acceptors (Lipinski definition) is 4. The lowest BCUT2D eigenvalue weighted by Crippen LogP contribution is -2.41. The van der Waals surface area contributed by atoms with E-state index in [1.807, 2.05) is 37.3 Å². The summed E-state index contributed by atoms with van der Waals surface area (Å²) in [7, 11) is -3.90. The van der Waals surface area contributed by atoms with Crippen LogP contribution < -0.4 is 9.62 Å². The highest BCUT2D eigenvalue weighted by Crippen LogP contribution is 2.23. The molecule has 0 saturated heterocycles. The highest BCUT2D eigenvalue weighted by Gasteiger charge is 2.26. The van der Waals surface area contributed by atoms with Gasteiger partial charge in [0.05, 0.1) is 23.8 Å². The molecule has 31 heavy (non-hydrogen) atoms. The number of carbonyl (C=O) groups is 1. The summed E-state index contributed by atoms with van der Waals surface area (Å²) in [6.07, 6.45) is 0. The molecular weight excluding hydrogens is 412 g/mol. The fraction of sp³-hybridized carbons (Fsp3) is 0.208. The second kappa shape index (κ2) is 10.7. The van der Waals surface area contributed by atoms with Crippen molar-refractivity contribution in [3.63, 3.8) is 0 Å². The Morgan fingerprint density at radius 3 is 2.16 bits per heavy atom. The van der Waals surface area contributed by atoms with Crippen molar-refractivity contribution in [2.24, 2.45) is 0 Å². The molecule has 0 unspecified atom stereocenters. The molecule has 0 heterocycles. The quantitative estimate of drug-likeness (QED) is 0.492. The van der Waals surface area contributed by atoms with Crippen molar-refractivity contribution >= 4 is 21.6 Å². The lowest BCUT2D eigenvalue weighted by Gasteiger charge is -2.24. The van der Waals surface area contributed by atoms with E-state index in [9.17, 15) is 13.2 Å². The van der Waals surface area contributed by atoms with Crippen LogP contribution in [0.2, 0.25) is 0 Å². The monoisotopic (exact) mass is 438 g/mol. The third-order valence-corrected chi connectivity index (χ3v) is 6.41. The average Bonchev–Trinajstić information content (AvgIpc) is 2.79. The number of aryl methyl sites for hydroxylation is 1. The highest BCUT2D eigenvalue weighted by atomic mass is 32.2. The van der Waals surface area contributed by atoms with Crippen LogP contribution in [0.1, 0.15) is 11.1 Å². The third kappa shape index (κ3) is 6.41. The van der Waals surface area contributed by atoms with E-state index in [0.717, 1.165) is 15.4 Å². The van der Waals surface area contributed by atoms with Gasteiger partial charge in [-0.2, -0.15) is 0 Å². The maximum absolute atomic E-state index is 13.2. The maximum atomic E-state index is 13.2. The number of para-hydroxylation sites is 1. The van der Waals surface area contributed by atoms with Crippen LogP contribution in [0, 0.1) is 6.92 Å². The Morgan fingerprint density at radius 1 is 0.903 bits per heavy atom. The predicted molar refractivity (Wildman–Crippen MR) is 121 cm³/mol. The first-order valence-electron chi connectivity index (χ1n) is 9.99. The van der Waals surface area contributed by atoms with Gasteiger partial charge in [-0.05, 0) is 36.8 Å². The fourth-order valence-electron chi connectivity index (χ4n) is 2.96. The summed E-state index contributed by atoms with van der Waals surface area (Å²) < 4.78 is 33.2. The SMILES string of the molecule is Cc1ccc(S(=O)(=O)N(CC(=O)NCCOCc2ccccc2)c2ccccc2)cc1. The summed E-state index contributed by atoms with van der Waals surface area (Å²) in [6.45, 7) is 2.64. The van der Waals surface area contributed by atoms with E-state index in [2.05, 4.69) is 5.32 Å². The van der Waals surface area contributed by atoms with Crippen LogP contribution >= 0.6 is 0 Å². The number of amides is 1. The highest BCUT2D eigenvalue weighted by molar-refractivity contribution is 7.92. The third-order valence-electron chi connectivity index (χ3n) is 4.62. The average molecular weight is 439 g/mol. The van der Waals surface area contributed by atoms with Crippen molar-refractivity contribution in [1.82, 2.24) is 5.32 Å². The second-order valence-electron chi connectivity index (χ2n) is 7.05. The van der Waals surface area contributed by atoms with Crippen molar-refractivity contribution in [1.29, 1.82) is 0 Å². The van der Waals surface area contributed by atoms with E-state index in [1.165, 1.54) is 0 Å². The van der Waals surface area contributed by atoms with E-state index >= 15 is 0 Å². The van der Waals surface area contributed by atoms with Crippen molar-refractivity contribution in [2.75, 3.05) is 24.0 Å². The first-order valence-corrected chi connectivity index (χ1v) is 11.4. The second-order valence-corrected chi connectivity index (χ2v) is 8.91. The van der Waals surface area contributed by atoms with Gasteiger partial charge < -0.3 is 10.1 Å². The molecule has 3 aromatic rings. The van der Waals surface area contributed by atoms with Gasteiger partial charge in [0.25, 0.3) is 10.0 Å². The van der Waals surface area contributed by atoms with Crippen molar-refractivity contribution < 1.29 is 17.9 Å². The maximum Gasteiger partial charge on any atom is 0.264 e. The van der Waals surface area contributed by atoms with Crippen LogP contribution in [0.5, 0.6) is 0 Å². The van der Waals surface area contributed by atoms with E-state index in [0.29, 0.717) is 25.4 Å². The van der Waals surface area contributed by atoms with Gasteiger partial charge in [0.1, 0.15) is 6.54 Å². The number of anilines is 1. The molecule has 0 saturated carbocycles. The largest absolute Gasteiger partial charge is 0.375 e. The molecule has 6 nitrogen and oxygen atoms in total. The van der Waals surface area contributed by atoms with E-state index in [4.69, 9.17) is 4.74 Å². The molecule has 0 aliphatic rings. The molecule has 7 heteroatoms. The standard InChI is InChI=1S/C24H26N2O4S/c1-20-12-14-23(15-13-20)31(28,29)26(22-10-6-3-7-11-22)18-24(27)25-16-17-30-19-21-8-4-2-5-9-21/h2-15H,16-19H2,1H3,(H,25,27). The number of nitrogens with zero attached hydrogens (tertiary/aromatic N) is 1. The Kier molecular flexibility index (Phi) is 7.81. The molecule has 1 N–H and O–H groups in total. The lowest BCUT2D eigenvalue weighted by molar-refractivity contribution is -0.119. The van der Waals surface area contributed by atoms with Crippen LogP contribution in [0.4, 0.5) is 5.69 Å². The minimum atomic E-state index is -3.90. The molecule has 0 aliphatic heterocycles. The van der Waals surface area contributed by atoms with Gasteiger partial charge in [-0.25, -0.2) is 8.42 Å². The van der Waals surface area contributed by atoms with Crippen LogP contribution in [0.25, 0.3) is 0 Å². The lowest BCUT2D eigenvalue weighted by atomic mass is 10.2. The van der Waals surface area contributed by atoms with Gasteiger partial charge in [-0.1, -0.05) is 66.2 Å². The first-order chi connectivity index (χ1) is 15.0. The summed E-state index contributed by atoms with van der Waals surface area (Å²) in [5.41, 5.74) is 2.44. The smallest absolute Gasteiger partial charge is 0.264 e. The van der Waals surface area contributed by atoms with E-state index < -0.39 is 15.9 Å². The van der Waals surface area contributed by atoms with Gasteiger partial charge in [-0.15, -0.1) is 0 Å². The van der Waals surface area contributed by atoms with Crippen molar-refractivity contribution in [3.05, 3.63) is 96.1 Å². The number of hydrogen-bond donors (Lipinski definition) is 1. The summed E-state index contributed by atoms with van der Waals surface area (Å²) in [6, 6.07) is 24.9. The molecule has 3 rings (SSSR count). The molecule has 0 radical (unpaired) electrons. The molecule has 162 valence electrons. The Labute approximate surface area is 183 Å². The van der Waals surface area contributed by atoms with E-state index in [1.54, 1.807) is 54.6 Å². The number of benzene rings is 3. The molecule has 0 bridgehead atoms. The number of ether oxygens (including phenoxy) is 1. The van der Waals surface area contributed by atoms with Crippen LogP contribution in [-0.2, 0) is 26.2 Å². The molecule has 0 aliphatic carbocycles. The molecule has 3 aromatic carbocycles. The summed E-state index contributed by atoms with van der Waals surface area (Å²) in [5, 5.41) is 2.73. The minimum absolute atomic E-state index is 0.140. The Morgan fingerprint density at radius 2 is 1.52 bits per heavy atom. The zero-order valence-electron chi connectivity index (χ0n) is 17.4.